The third-order valence-electron chi connectivity index (χ3n) is 2.98. The average Bonchev–Trinajstić information content (AvgIpc) is 2.84. The van der Waals surface area contributed by atoms with Gasteiger partial charge in [-0.2, -0.15) is 0 Å². The summed E-state index contributed by atoms with van der Waals surface area (Å²) in [5.41, 5.74) is 2.02. The van der Waals surface area contributed by atoms with Crippen molar-refractivity contribution in [3.63, 3.8) is 0 Å². The molecule has 0 unspecified atom stereocenters. The molecule has 2 rings (SSSR count). The molecule has 1 N–H and O–H groups in total. The summed E-state index contributed by atoms with van der Waals surface area (Å²) in [5.74, 6) is 1.24. The molecule has 0 saturated carbocycles. The zero-order valence-electron chi connectivity index (χ0n) is 12.0. The topological polar surface area (TPSA) is 47.6 Å². The molecule has 0 radical (unpaired) electrons. The lowest BCUT2D eigenvalue weighted by Gasteiger charge is -2.10. The smallest absolute Gasteiger partial charge is 0.261 e. The van der Waals surface area contributed by atoms with Gasteiger partial charge in [0.05, 0.1) is 22.9 Å². The fraction of sp³-hybridized carbons (Fsp3) is 0.267. The molecule has 1 aromatic heterocycles. The zero-order chi connectivity index (χ0) is 15.4. The minimum Gasteiger partial charge on any atom is -0.493 e. The number of aryl methyl sites for hydroxylation is 1. The second-order valence-corrected chi connectivity index (χ2v) is 6.81. The standard InChI is InChI=1S/C15H16BrNO3S/c1-9-6-13(21-14(9)16)15(18)17-8-10-4-5-11(19-2)12(7-10)20-3/h4-7H,8H2,1-3H3,(H,17,18). The summed E-state index contributed by atoms with van der Waals surface area (Å²) in [6.07, 6.45) is 0. The number of halogens is 1. The molecular weight excluding hydrogens is 354 g/mol. The number of carbonyl (C=O) groups is 1. The van der Waals surface area contributed by atoms with Gasteiger partial charge in [-0.05, 0) is 52.2 Å². The summed E-state index contributed by atoms with van der Waals surface area (Å²) < 4.78 is 11.4. The summed E-state index contributed by atoms with van der Waals surface area (Å²) in [6.45, 7) is 2.40. The fourth-order valence-electron chi connectivity index (χ4n) is 1.83. The molecule has 0 aliphatic rings. The molecule has 112 valence electrons. The number of hydrogen-bond donors (Lipinski definition) is 1. The number of amides is 1. The first-order chi connectivity index (χ1) is 10.0. The Morgan fingerprint density at radius 1 is 1.24 bits per heavy atom. The Kier molecular flexibility index (Phi) is 5.25. The highest BCUT2D eigenvalue weighted by atomic mass is 79.9. The molecule has 0 spiro atoms. The van der Waals surface area contributed by atoms with Crippen LogP contribution in [-0.2, 0) is 6.54 Å². The number of methoxy groups -OCH3 is 2. The molecule has 1 amide bonds. The molecule has 0 bridgehead atoms. The Hall–Kier alpha value is -1.53. The molecule has 0 saturated heterocycles. The van der Waals surface area contributed by atoms with Crippen molar-refractivity contribution in [1.82, 2.24) is 5.32 Å². The lowest BCUT2D eigenvalue weighted by molar-refractivity contribution is 0.0955. The predicted molar refractivity (Wildman–Crippen MR) is 87.5 cm³/mol. The van der Waals surface area contributed by atoms with Crippen LogP contribution in [0.5, 0.6) is 11.5 Å². The molecule has 4 nitrogen and oxygen atoms in total. The van der Waals surface area contributed by atoms with Gasteiger partial charge in [-0.15, -0.1) is 11.3 Å². The van der Waals surface area contributed by atoms with Crippen molar-refractivity contribution >= 4 is 33.2 Å². The van der Waals surface area contributed by atoms with Crippen LogP contribution >= 0.6 is 27.3 Å². The quantitative estimate of drug-likeness (QED) is 0.872. The molecule has 0 fully saturated rings. The largest absolute Gasteiger partial charge is 0.493 e. The SMILES string of the molecule is COc1ccc(CNC(=O)c2cc(C)c(Br)s2)cc1OC. The Balaban J connectivity index is 2.04. The van der Waals surface area contributed by atoms with E-state index in [2.05, 4.69) is 21.2 Å². The highest BCUT2D eigenvalue weighted by molar-refractivity contribution is 9.11. The van der Waals surface area contributed by atoms with Crippen LogP contribution < -0.4 is 14.8 Å². The van der Waals surface area contributed by atoms with Gasteiger partial charge in [0.25, 0.3) is 5.91 Å². The Bertz CT molecular complexity index is 635. The van der Waals surface area contributed by atoms with E-state index < -0.39 is 0 Å². The molecule has 1 heterocycles. The van der Waals surface area contributed by atoms with Crippen molar-refractivity contribution < 1.29 is 14.3 Å². The predicted octanol–water partition coefficient (Wildman–Crippen LogP) is 3.77. The second-order valence-electron chi connectivity index (χ2n) is 4.44. The number of hydrogen-bond acceptors (Lipinski definition) is 4. The Labute approximate surface area is 136 Å². The van der Waals surface area contributed by atoms with Crippen LogP contribution in [0.1, 0.15) is 20.8 Å². The zero-order valence-corrected chi connectivity index (χ0v) is 14.4. The first-order valence-corrected chi connectivity index (χ1v) is 7.91. The van der Waals surface area contributed by atoms with Gasteiger partial charge >= 0.3 is 0 Å². The van der Waals surface area contributed by atoms with Gasteiger partial charge in [0.2, 0.25) is 0 Å². The number of thiophene rings is 1. The van der Waals surface area contributed by atoms with Gasteiger partial charge in [0, 0.05) is 6.54 Å². The van der Waals surface area contributed by atoms with Crippen molar-refractivity contribution in [2.75, 3.05) is 14.2 Å². The second kappa shape index (κ2) is 6.95. The number of rotatable bonds is 5. The molecule has 0 atom stereocenters. The van der Waals surface area contributed by atoms with E-state index >= 15 is 0 Å². The average molecular weight is 370 g/mol. The summed E-state index contributed by atoms with van der Waals surface area (Å²) >= 11 is 4.85. The van der Waals surface area contributed by atoms with E-state index in [1.54, 1.807) is 14.2 Å². The maximum absolute atomic E-state index is 12.1. The van der Waals surface area contributed by atoms with E-state index in [4.69, 9.17) is 9.47 Å². The molecule has 1 aromatic carbocycles. The van der Waals surface area contributed by atoms with Crippen LogP contribution in [0.25, 0.3) is 0 Å². The molecule has 21 heavy (non-hydrogen) atoms. The van der Waals surface area contributed by atoms with Crippen LogP contribution in [0.15, 0.2) is 28.1 Å². The summed E-state index contributed by atoms with van der Waals surface area (Å²) in [4.78, 5) is 12.8. The van der Waals surface area contributed by atoms with Crippen LogP contribution in [-0.4, -0.2) is 20.1 Å². The van der Waals surface area contributed by atoms with Gasteiger partial charge in [-0.1, -0.05) is 6.07 Å². The first kappa shape index (κ1) is 15.9. The minimum absolute atomic E-state index is 0.0800. The molecular formula is C15H16BrNO3S. The number of benzene rings is 1. The van der Waals surface area contributed by atoms with Crippen molar-refractivity contribution in [3.05, 3.63) is 44.1 Å². The van der Waals surface area contributed by atoms with Crippen molar-refractivity contribution in [1.29, 1.82) is 0 Å². The summed E-state index contributed by atoms with van der Waals surface area (Å²) in [7, 11) is 3.18. The highest BCUT2D eigenvalue weighted by Crippen LogP contribution is 2.28. The molecule has 0 aliphatic carbocycles. The van der Waals surface area contributed by atoms with E-state index in [1.807, 2.05) is 31.2 Å². The van der Waals surface area contributed by atoms with Crippen molar-refractivity contribution in [2.24, 2.45) is 0 Å². The maximum Gasteiger partial charge on any atom is 0.261 e. The summed E-state index contributed by atoms with van der Waals surface area (Å²) in [5, 5.41) is 2.90. The van der Waals surface area contributed by atoms with Crippen LogP contribution in [0.3, 0.4) is 0 Å². The van der Waals surface area contributed by atoms with Crippen LogP contribution in [0.2, 0.25) is 0 Å². The van der Waals surface area contributed by atoms with Crippen molar-refractivity contribution in [2.45, 2.75) is 13.5 Å². The Morgan fingerprint density at radius 3 is 2.52 bits per heavy atom. The van der Waals surface area contributed by atoms with Gasteiger partial charge in [-0.25, -0.2) is 0 Å². The third kappa shape index (κ3) is 3.77. The van der Waals surface area contributed by atoms with E-state index in [9.17, 15) is 4.79 Å². The Morgan fingerprint density at radius 2 is 1.95 bits per heavy atom. The maximum atomic E-state index is 12.1. The van der Waals surface area contributed by atoms with E-state index in [0.717, 1.165) is 14.9 Å². The number of nitrogens with one attached hydrogen (secondary N) is 1. The van der Waals surface area contributed by atoms with Gasteiger partial charge in [0.15, 0.2) is 11.5 Å². The van der Waals surface area contributed by atoms with E-state index in [0.29, 0.717) is 22.9 Å². The fourth-order valence-corrected chi connectivity index (χ4v) is 3.28. The van der Waals surface area contributed by atoms with Gasteiger partial charge < -0.3 is 14.8 Å². The monoisotopic (exact) mass is 369 g/mol. The highest BCUT2D eigenvalue weighted by Gasteiger charge is 2.11. The molecule has 0 aliphatic heterocycles. The van der Waals surface area contributed by atoms with Crippen LogP contribution in [0.4, 0.5) is 0 Å². The number of ether oxygens (including phenoxy) is 2. The van der Waals surface area contributed by atoms with E-state index in [1.165, 1.54) is 11.3 Å². The normalized spacial score (nSPS) is 10.3. The van der Waals surface area contributed by atoms with Crippen LogP contribution in [0, 0.1) is 6.92 Å². The first-order valence-electron chi connectivity index (χ1n) is 6.30. The number of carbonyl (C=O) groups excluding carboxylic acids is 1. The van der Waals surface area contributed by atoms with Crippen molar-refractivity contribution in [3.8, 4) is 11.5 Å². The lowest BCUT2D eigenvalue weighted by Crippen LogP contribution is -2.21. The minimum atomic E-state index is -0.0800. The lowest BCUT2D eigenvalue weighted by atomic mass is 10.2. The van der Waals surface area contributed by atoms with Gasteiger partial charge in [0.1, 0.15) is 0 Å². The molecule has 6 heteroatoms. The molecule has 2 aromatic rings. The van der Waals surface area contributed by atoms with E-state index in [-0.39, 0.29) is 5.91 Å². The van der Waals surface area contributed by atoms with Gasteiger partial charge in [-0.3, -0.25) is 4.79 Å². The summed E-state index contributed by atoms with van der Waals surface area (Å²) in [6, 6.07) is 7.46. The third-order valence-corrected chi connectivity index (χ3v) is 5.12.